The standard InChI is InChI=1S/C11H10N2O2/c1-7-2-5-10(13-12-7)9-4-3-8(14)6-11(9)15/h2-6,14-15H,1H3. The van der Waals surface area contributed by atoms with Gasteiger partial charge < -0.3 is 10.2 Å². The summed E-state index contributed by atoms with van der Waals surface area (Å²) >= 11 is 0. The van der Waals surface area contributed by atoms with Crippen molar-refractivity contribution in [1.29, 1.82) is 0 Å². The fourth-order valence-electron chi connectivity index (χ4n) is 1.28. The molecule has 0 spiro atoms. The Morgan fingerprint density at radius 2 is 1.80 bits per heavy atom. The van der Waals surface area contributed by atoms with Crippen molar-refractivity contribution >= 4 is 0 Å². The number of hydrogen-bond donors (Lipinski definition) is 2. The summed E-state index contributed by atoms with van der Waals surface area (Å²) in [6.07, 6.45) is 0. The highest BCUT2D eigenvalue weighted by molar-refractivity contribution is 5.67. The molecule has 0 saturated carbocycles. The van der Waals surface area contributed by atoms with Crippen molar-refractivity contribution in [3.63, 3.8) is 0 Å². The van der Waals surface area contributed by atoms with Crippen LogP contribution in [0.2, 0.25) is 0 Å². The van der Waals surface area contributed by atoms with Crippen LogP contribution in [0.25, 0.3) is 11.3 Å². The van der Waals surface area contributed by atoms with E-state index in [9.17, 15) is 5.11 Å². The molecule has 4 nitrogen and oxygen atoms in total. The number of phenolic OH excluding ortho intramolecular Hbond substituents is 2. The highest BCUT2D eigenvalue weighted by Crippen LogP contribution is 2.30. The van der Waals surface area contributed by atoms with Crippen molar-refractivity contribution in [2.45, 2.75) is 6.92 Å². The van der Waals surface area contributed by atoms with E-state index in [0.717, 1.165) is 5.69 Å². The zero-order valence-corrected chi connectivity index (χ0v) is 8.18. The molecule has 0 amide bonds. The van der Waals surface area contributed by atoms with Crippen LogP contribution in [0.1, 0.15) is 5.69 Å². The van der Waals surface area contributed by atoms with Crippen molar-refractivity contribution in [3.05, 3.63) is 36.0 Å². The molecule has 1 aromatic heterocycles. The number of phenols is 2. The Hall–Kier alpha value is -2.10. The van der Waals surface area contributed by atoms with Gasteiger partial charge in [-0.15, -0.1) is 0 Å². The third-order valence-corrected chi connectivity index (χ3v) is 2.06. The van der Waals surface area contributed by atoms with Crippen molar-refractivity contribution in [3.8, 4) is 22.8 Å². The molecule has 0 bridgehead atoms. The van der Waals surface area contributed by atoms with Crippen LogP contribution in [0.4, 0.5) is 0 Å². The summed E-state index contributed by atoms with van der Waals surface area (Å²) in [5, 5.41) is 26.6. The molecule has 15 heavy (non-hydrogen) atoms. The minimum atomic E-state index is -0.00634. The lowest BCUT2D eigenvalue weighted by molar-refractivity contribution is 0.451. The molecule has 2 N–H and O–H groups in total. The smallest absolute Gasteiger partial charge is 0.128 e. The Kier molecular flexibility index (Phi) is 2.25. The Labute approximate surface area is 86.8 Å². The van der Waals surface area contributed by atoms with Gasteiger partial charge in [0.15, 0.2) is 0 Å². The van der Waals surface area contributed by atoms with Crippen LogP contribution in [-0.4, -0.2) is 20.4 Å². The average molecular weight is 202 g/mol. The molecule has 2 aromatic rings. The number of aromatic hydroxyl groups is 2. The van der Waals surface area contributed by atoms with Crippen LogP contribution in [0.5, 0.6) is 11.5 Å². The molecular weight excluding hydrogens is 192 g/mol. The summed E-state index contributed by atoms with van der Waals surface area (Å²) in [6, 6.07) is 7.96. The second-order valence-corrected chi connectivity index (χ2v) is 3.26. The van der Waals surface area contributed by atoms with E-state index in [1.165, 1.54) is 12.1 Å². The summed E-state index contributed by atoms with van der Waals surface area (Å²) in [7, 11) is 0. The van der Waals surface area contributed by atoms with Crippen LogP contribution < -0.4 is 0 Å². The fraction of sp³-hybridized carbons (Fsp3) is 0.0909. The van der Waals surface area contributed by atoms with Gasteiger partial charge in [-0.1, -0.05) is 0 Å². The average Bonchev–Trinajstić information content (AvgIpc) is 2.20. The Bertz CT molecular complexity index is 480. The molecule has 1 aromatic carbocycles. The van der Waals surface area contributed by atoms with E-state index < -0.39 is 0 Å². The topological polar surface area (TPSA) is 66.2 Å². The lowest BCUT2D eigenvalue weighted by atomic mass is 10.1. The van der Waals surface area contributed by atoms with Gasteiger partial charge in [-0.05, 0) is 31.2 Å². The molecule has 0 aliphatic rings. The molecule has 4 heteroatoms. The normalized spacial score (nSPS) is 10.2. The van der Waals surface area contributed by atoms with E-state index in [2.05, 4.69) is 10.2 Å². The molecule has 0 unspecified atom stereocenters. The lowest BCUT2D eigenvalue weighted by Crippen LogP contribution is -1.89. The quantitative estimate of drug-likeness (QED) is 0.740. The molecule has 0 aliphatic carbocycles. The van der Waals surface area contributed by atoms with Crippen LogP contribution in [0.15, 0.2) is 30.3 Å². The molecule has 0 atom stereocenters. The number of rotatable bonds is 1. The van der Waals surface area contributed by atoms with Crippen molar-refractivity contribution in [2.24, 2.45) is 0 Å². The SMILES string of the molecule is Cc1ccc(-c2ccc(O)cc2O)nn1. The van der Waals surface area contributed by atoms with Gasteiger partial charge in [0.05, 0.1) is 11.4 Å². The molecule has 0 aliphatic heterocycles. The Morgan fingerprint density at radius 1 is 1.00 bits per heavy atom. The third-order valence-electron chi connectivity index (χ3n) is 2.06. The van der Waals surface area contributed by atoms with Crippen LogP contribution in [0.3, 0.4) is 0 Å². The van der Waals surface area contributed by atoms with Gasteiger partial charge in [-0.25, -0.2) is 0 Å². The van der Waals surface area contributed by atoms with Crippen LogP contribution in [0, 0.1) is 6.92 Å². The summed E-state index contributed by atoms with van der Waals surface area (Å²) in [5.74, 6) is 0.0180. The monoisotopic (exact) mass is 202 g/mol. The molecule has 1 heterocycles. The summed E-state index contributed by atoms with van der Waals surface area (Å²) in [4.78, 5) is 0. The maximum atomic E-state index is 9.59. The van der Waals surface area contributed by atoms with E-state index in [4.69, 9.17) is 5.11 Å². The predicted octanol–water partition coefficient (Wildman–Crippen LogP) is 1.86. The van der Waals surface area contributed by atoms with Crippen LogP contribution in [-0.2, 0) is 0 Å². The highest BCUT2D eigenvalue weighted by Gasteiger charge is 2.06. The van der Waals surface area contributed by atoms with E-state index in [1.807, 2.05) is 13.0 Å². The molecule has 0 radical (unpaired) electrons. The molecule has 76 valence electrons. The first-order chi connectivity index (χ1) is 7.16. The van der Waals surface area contributed by atoms with E-state index in [1.54, 1.807) is 12.1 Å². The minimum absolute atomic E-state index is 0.00634. The number of benzene rings is 1. The molecular formula is C11H10N2O2. The fourth-order valence-corrected chi connectivity index (χ4v) is 1.28. The summed E-state index contributed by atoms with van der Waals surface area (Å²) < 4.78 is 0. The van der Waals surface area contributed by atoms with Crippen molar-refractivity contribution < 1.29 is 10.2 Å². The first-order valence-electron chi connectivity index (χ1n) is 4.49. The van der Waals surface area contributed by atoms with E-state index in [-0.39, 0.29) is 11.5 Å². The zero-order chi connectivity index (χ0) is 10.8. The lowest BCUT2D eigenvalue weighted by Gasteiger charge is -2.03. The third kappa shape index (κ3) is 1.88. The maximum Gasteiger partial charge on any atom is 0.128 e. The number of aromatic nitrogens is 2. The number of aryl methyl sites for hydroxylation is 1. The minimum Gasteiger partial charge on any atom is -0.508 e. The maximum absolute atomic E-state index is 9.59. The van der Waals surface area contributed by atoms with Gasteiger partial charge >= 0.3 is 0 Å². The second kappa shape index (κ2) is 3.57. The molecule has 2 rings (SSSR count). The second-order valence-electron chi connectivity index (χ2n) is 3.26. The van der Waals surface area contributed by atoms with Gasteiger partial charge in [-0.3, -0.25) is 0 Å². The zero-order valence-electron chi connectivity index (χ0n) is 8.18. The summed E-state index contributed by atoms with van der Waals surface area (Å²) in [5.41, 5.74) is 1.95. The molecule has 0 fully saturated rings. The highest BCUT2D eigenvalue weighted by atomic mass is 16.3. The summed E-state index contributed by atoms with van der Waals surface area (Å²) in [6.45, 7) is 1.84. The number of nitrogens with zero attached hydrogens (tertiary/aromatic N) is 2. The van der Waals surface area contributed by atoms with E-state index >= 15 is 0 Å². The van der Waals surface area contributed by atoms with Gasteiger partial charge in [0.1, 0.15) is 11.5 Å². The first kappa shape index (κ1) is 9.45. The predicted molar refractivity (Wildman–Crippen MR) is 55.5 cm³/mol. The molecule has 0 saturated heterocycles. The van der Waals surface area contributed by atoms with Gasteiger partial charge in [0.2, 0.25) is 0 Å². The number of hydrogen-bond acceptors (Lipinski definition) is 4. The van der Waals surface area contributed by atoms with Gasteiger partial charge in [-0.2, -0.15) is 10.2 Å². The van der Waals surface area contributed by atoms with Gasteiger partial charge in [0, 0.05) is 11.6 Å². The van der Waals surface area contributed by atoms with Crippen molar-refractivity contribution in [1.82, 2.24) is 10.2 Å². The Morgan fingerprint density at radius 3 is 2.40 bits per heavy atom. The van der Waals surface area contributed by atoms with E-state index in [0.29, 0.717) is 11.3 Å². The largest absolute Gasteiger partial charge is 0.508 e. The Balaban J connectivity index is 2.49. The first-order valence-corrected chi connectivity index (χ1v) is 4.49. The van der Waals surface area contributed by atoms with Crippen LogP contribution >= 0.6 is 0 Å². The van der Waals surface area contributed by atoms with Crippen molar-refractivity contribution in [2.75, 3.05) is 0 Å². The van der Waals surface area contributed by atoms with Gasteiger partial charge in [0.25, 0.3) is 0 Å².